The number of rotatable bonds is 7. The van der Waals surface area contributed by atoms with E-state index in [0.717, 1.165) is 0 Å². The number of aliphatic hydroxyl groups is 1. The molecule has 0 amide bonds. The zero-order valence-corrected chi connectivity index (χ0v) is 13.1. The van der Waals surface area contributed by atoms with Crippen LogP contribution in [0.15, 0.2) is 0 Å². The molecule has 10 heteroatoms. The number of phosphoric ester groups is 1. The molecule has 0 aromatic rings. The van der Waals surface area contributed by atoms with Crippen molar-refractivity contribution >= 4 is 15.7 Å². The van der Waals surface area contributed by atoms with Gasteiger partial charge >= 0.3 is 7.82 Å². The van der Waals surface area contributed by atoms with Crippen LogP contribution < -0.4 is 0 Å². The number of aliphatic hydroxyl groups excluding tert-OH is 1. The lowest BCUT2D eigenvalue weighted by Gasteiger charge is -2.24. The third-order valence-electron chi connectivity index (χ3n) is 3.58. The van der Waals surface area contributed by atoms with Crippen molar-refractivity contribution in [1.82, 2.24) is 0 Å². The molecular formula is C11H22BO8P. The third-order valence-corrected chi connectivity index (χ3v) is 4.66. The lowest BCUT2D eigenvalue weighted by molar-refractivity contribution is -0.0319. The Morgan fingerprint density at radius 3 is 2.71 bits per heavy atom. The van der Waals surface area contributed by atoms with Gasteiger partial charge in [0.05, 0.1) is 19.3 Å². The van der Waals surface area contributed by atoms with Crippen LogP contribution in [0.2, 0.25) is 0 Å². The fourth-order valence-electron chi connectivity index (χ4n) is 2.63. The highest BCUT2D eigenvalue weighted by atomic mass is 31.2. The van der Waals surface area contributed by atoms with Gasteiger partial charge in [-0.1, -0.05) is 0 Å². The predicted octanol–water partition coefficient (Wildman–Crippen LogP) is -0.967. The molecule has 0 aromatic carbocycles. The van der Waals surface area contributed by atoms with Crippen molar-refractivity contribution in [2.24, 2.45) is 0 Å². The van der Waals surface area contributed by atoms with Crippen LogP contribution in [-0.4, -0.2) is 75.2 Å². The van der Waals surface area contributed by atoms with Crippen molar-refractivity contribution in [3.8, 4) is 0 Å². The Morgan fingerprint density at radius 2 is 2.05 bits per heavy atom. The Kier molecular flexibility index (Phi) is 6.22. The van der Waals surface area contributed by atoms with Crippen LogP contribution in [0.25, 0.3) is 0 Å². The van der Waals surface area contributed by atoms with E-state index >= 15 is 0 Å². The zero-order valence-electron chi connectivity index (χ0n) is 12.2. The minimum Gasteiger partial charge on any atom is -0.394 e. The van der Waals surface area contributed by atoms with E-state index in [1.807, 2.05) is 7.85 Å². The van der Waals surface area contributed by atoms with Crippen molar-refractivity contribution in [2.45, 2.75) is 43.3 Å². The predicted molar refractivity (Wildman–Crippen MR) is 74.7 cm³/mol. The smallest absolute Gasteiger partial charge is 0.394 e. The summed E-state index contributed by atoms with van der Waals surface area (Å²) in [6, 6.07) is -0.0739. The van der Waals surface area contributed by atoms with E-state index < -0.39 is 32.2 Å². The molecule has 122 valence electrons. The molecule has 0 radical (unpaired) electrons. The Bertz CT molecular complexity index is 383. The molecule has 6 atom stereocenters. The summed E-state index contributed by atoms with van der Waals surface area (Å²) < 4.78 is 38.3. The molecule has 8 nitrogen and oxygen atoms in total. The summed E-state index contributed by atoms with van der Waals surface area (Å²) in [6.07, 6.45) is -1.27. The maximum absolute atomic E-state index is 12.1. The van der Waals surface area contributed by atoms with E-state index in [2.05, 4.69) is 0 Å². The molecule has 0 aliphatic carbocycles. The first-order chi connectivity index (χ1) is 9.95. The minimum absolute atomic E-state index is 0.0739. The molecule has 2 N–H and O–H groups in total. The first-order valence-electron chi connectivity index (χ1n) is 7.01. The average molecular weight is 324 g/mol. The minimum atomic E-state index is -4.26. The summed E-state index contributed by atoms with van der Waals surface area (Å²) in [4.78, 5) is 9.90. The van der Waals surface area contributed by atoms with Gasteiger partial charge in [0.25, 0.3) is 0 Å². The topological polar surface area (TPSA) is 104 Å². The number of hydrogen-bond acceptors (Lipinski definition) is 7. The normalized spacial score (nSPS) is 39.5. The van der Waals surface area contributed by atoms with E-state index in [1.165, 1.54) is 7.11 Å². The van der Waals surface area contributed by atoms with E-state index in [0.29, 0.717) is 19.4 Å². The van der Waals surface area contributed by atoms with Crippen molar-refractivity contribution in [1.29, 1.82) is 0 Å². The third kappa shape index (κ3) is 4.74. The van der Waals surface area contributed by atoms with Gasteiger partial charge in [-0.25, -0.2) is 4.57 Å². The van der Waals surface area contributed by atoms with Gasteiger partial charge in [0, 0.05) is 26.1 Å². The van der Waals surface area contributed by atoms with E-state index in [9.17, 15) is 9.46 Å². The van der Waals surface area contributed by atoms with E-state index in [1.54, 1.807) is 0 Å². The quantitative estimate of drug-likeness (QED) is 0.456. The summed E-state index contributed by atoms with van der Waals surface area (Å²) in [5.41, 5.74) is 0. The average Bonchev–Trinajstić information content (AvgIpc) is 2.96. The second kappa shape index (κ2) is 7.52. The maximum Gasteiger partial charge on any atom is 0.472 e. The zero-order chi connectivity index (χ0) is 15.5. The first-order valence-corrected chi connectivity index (χ1v) is 8.51. The summed E-state index contributed by atoms with van der Waals surface area (Å²) >= 11 is 0. The molecule has 2 aliphatic rings. The van der Waals surface area contributed by atoms with Crippen LogP contribution in [0.1, 0.15) is 12.8 Å². The molecule has 0 aromatic heterocycles. The fourth-order valence-corrected chi connectivity index (χ4v) is 3.83. The standard InChI is InChI=1S/C11H22BO8P/c1-16-6-10-8(4-11(12)18-10)20-21(14,15)19-7-2-3-17-9(7)5-13/h7-11,13H,2-6,12H2,1H3,(H,14,15)/t7?,8?,9-,10-,11-/m1/s1. The molecule has 2 rings (SSSR count). The molecule has 0 saturated carbocycles. The Labute approximate surface area is 124 Å². The van der Waals surface area contributed by atoms with Gasteiger partial charge in [0.15, 0.2) is 0 Å². The van der Waals surface area contributed by atoms with Gasteiger partial charge in [-0.05, 0) is 6.42 Å². The Hall–Kier alpha value is 0.0149. The number of ether oxygens (including phenoxy) is 3. The van der Waals surface area contributed by atoms with Gasteiger partial charge in [0.2, 0.25) is 0 Å². The van der Waals surface area contributed by atoms with Gasteiger partial charge < -0.3 is 24.2 Å². The lowest BCUT2D eigenvalue weighted by Crippen LogP contribution is -2.30. The van der Waals surface area contributed by atoms with Gasteiger partial charge in [-0.2, -0.15) is 0 Å². The number of hydrogen-bond donors (Lipinski definition) is 2. The number of phosphoric acid groups is 1. The molecular weight excluding hydrogens is 302 g/mol. The van der Waals surface area contributed by atoms with Crippen molar-refractivity contribution in [3.05, 3.63) is 0 Å². The summed E-state index contributed by atoms with van der Waals surface area (Å²) in [5, 5.41) is 9.11. The molecule has 3 unspecified atom stereocenters. The molecule has 21 heavy (non-hydrogen) atoms. The van der Waals surface area contributed by atoms with E-state index in [-0.39, 0.29) is 19.2 Å². The van der Waals surface area contributed by atoms with Crippen LogP contribution in [0.3, 0.4) is 0 Å². The van der Waals surface area contributed by atoms with Gasteiger partial charge in [-0.15, -0.1) is 0 Å². The van der Waals surface area contributed by atoms with Crippen LogP contribution in [0.4, 0.5) is 0 Å². The van der Waals surface area contributed by atoms with Gasteiger partial charge in [-0.3, -0.25) is 9.05 Å². The molecule has 2 fully saturated rings. The van der Waals surface area contributed by atoms with Crippen molar-refractivity contribution in [2.75, 3.05) is 26.9 Å². The maximum atomic E-state index is 12.1. The molecule has 2 aliphatic heterocycles. The summed E-state index contributed by atoms with van der Waals surface area (Å²) in [6.45, 7) is 0.396. The van der Waals surface area contributed by atoms with Crippen LogP contribution in [0.5, 0.6) is 0 Å². The SMILES string of the molecule is B[C@H]1CC(OP(=O)(O)OC2CCO[C@@H]2CO)[C@@H](COC)O1. The molecule has 2 heterocycles. The fraction of sp³-hybridized carbons (Fsp3) is 1.00. The second-order valence-electron chi connectivity index (χ2n) is 5.31. The van der Waals surface area contributed by atoms with Crippen molar-refractivity contribution in [3.63, 3.8) is 0 Å². The van der Waals surface area contributed by atoms with Gasteiger partial charge in [0.1, 0.15) is 26.2 Å². The highest BCUT2D eigenvalue weighted by molar-refractivity contribution is 7.47. The highest BCUT2D eigenvalue weighted by Crippen LogP contribution is 2.49. The second-order valence-corrected chi connectivity index (χ2v) is 6.67. The largest absolute Gasteiger partial charge is 0.472 e. The van der Waals surface area contributed by atoms with Crippen molar-refractivity contribution < 1.29 is 37.8 Å². The van der Waals surface area contributed by atoms with Crippen LogP contribution in [-0.2, 0) is 27.8 Å². The first kappa shape index (κ1) is 17.4. The number of methoxy groups -OCH3 is 1. The lowest BCUT2D eigenvalue weighted by atomic mass is 9.96. The Morgan fingerprint density at radius 1 is 1.33 bits per heavy atom. The van der Waals surface area contributed by atoms with E-state index in [4.69, 9.17) is 28.4 Å². The monoisotopic (exact) mass is 324 g/mol. The summed E-state index contributed by atoms with van der Waals surface area (Å²) in [7, 11) is -0.865. The van der Waals surface area contributed by atoms with Crippen LogP contribution in [0, 0.1) is 0 Å². The molecule has 0 spiro atoms. The Balaban J connectivity index is 1.92. The molecule has 2 saturated heterocycles. The summed E-state index contributed by atoms with van der Waals surface area (Å²) in [5.74, 6) is 0. The van der Waals surface area contributed by atoms with Crippen LogP contribution >= 0.6 is 7.82 Å². The highest BCUT2D eigenvalue weighted by Gasteiger charge is 2.42. The molecule has 0 bridgehead atoms.